The van der Waals surface area contributed by atoms with Crippen LogP contribution in [0.5, 0.6) is 0 Å². The molecule has 6 heteroatoms. The normalized spacial score (nSPS) is 11.6. The van der Waals surface area contributed by atoms with E-state index in [1.807, 2.05) is 17.5 Å². The maximum absolute atomic E-state index is 11.2. The number of alkyl carbamates (subject to hydrolysis) is 1. The van der Waals surface area contributed by atoms with Crippen molar-refractivity contribution < 1.29 is 19.4 Å². The van der Waals surface area contributed by atoms with Gasteiger partial charge < -0.3 is 15.2 Å². The van der Waals surface area contributed by atoms with E-state index in [0.29, 0.717) is 6.42 Å². The number of rotatable bonds is 7. The molecule has 0 radical (unpaired) electrons. The van der Waals surface area contributed by atoms with Crippen LogP contribution in [0.25, 0.3) is 0 Å². The minimum atomic E-state index is -0.938. The number of ether oxygens (including phenoxy) is 1. The van der Waals surface area contributed by atoms with E-state index in [1.54, 1.807) is 0 Å². The average Bonchev–Trinajstić information content (AvgIpc) is 2.84. The van der Waals surface area contributed by atoms with E-state index in [-0.39, 0.29) is 13.2 Å². The second-order valence-corrected chi connectivity index (χ2v) is 4.62. The van der Waals surface area contributed by atoms with Crippen LogP contribution in [0.2, 0.25) is 0 Å². The second-order valence-electron chi connectivity index (χ2n) is 3.59. The Balaban J connectivity index is 2.41. The van der Waals surface area contributed by atoms with E-state index in [0.717, 1.165) is 4.88 Å². The summed E-state index contributed by atoms with van der Waals surface area (Å²) >= 11 is 1.50. The van der Waals surface area contributed by atoms with Crippen LogP contribution in [0.4, 0.5) is 4.79 Å². The Labute approximate surface area is 109 Å². The lowest BCUT2D eigenvalue weighted by Crippen LogP contribution is -2.34. The van der Waals surface area contributed by atoms with E-state index < -0.39 is 18.0 Å². The molecule has 0 spiro atoms. The minimum Gasteiger partial charge on any atom is -0.481 e. The number of nitrogens with one attached hydrogen (secondary N) is 1. The molecule has 0 bridgehead atoms. The summed E-state index contributed by atoms with van der Waals surface area (Å²) < 4.78 is 4.70. The maximum Gasteiger partial charge on any atom is 0.407 e. The molecule has 1 rings (SSSR count). The van der Waals surface area contributed by atoms with E-state index >= 15 is 0 Å². The Morgan fingerprint density at radius 3 is 2.94 bits per heavy atom. The fourth-order valence-corrected chi connectivity index (χ4v) is 2.10. The highest BCUT2D eigenvalue weighted by Gasteiger charge is 2.19. The van der Waals surface area contributed by atoms with Gasteiger partial charge in [-0.3, -0.25) is 4.79 Å². The van der Waals surface area contributed by atoms with Crippen molar-refractivity contribution in [3.05, 3.63) is 35.0 Å². The molecule has 1 amide bonds. The Morgan fingerprint density at radius 1 is 1.61 bits per heavy atom. The molecule has 0 fully saturated rings. The number of carboxylic acid groups (broad SMARTS) is 1. The number of carbonyl (C=O) groups is 2. The van der Waals surface area contributed by atoms with Gasteiger partial charge in [0.15, 0.2) is 0 Å². The third kappa shape index (κ3) is 5.01. The Bertz CT molecular complexity index is 402. The largest absolute Gasteiger partial charge is 0.481 e. The molecule has 1 heterocycles. The monoisotopic (exact) mass is 269 g/mol. The van der Waals surface area contributed by atoms with Crippen molar-refractivity contribution in [1.82, 2.24) is 5.32 Å². The number of carboxylic acids is 1. The van der Waals surface area contributed by atoms with Gasteiger partial charge in [-0.25, -0.2) is 4.79 Å². The zero-order chi connectivity index (χ0) is 13.4. The summed E-state index contributed by atoms with van der Waals surface area (Å²) in [5.41, 5.74) is 0. The van der Waals surface area contributed by atoms with Crippen LogP contribution >= 0.6 is 11.3 Å². The van der Waals surface area contributed by atoms with Crippen molar-refractivity contribution in [2.45, 2.75) is 6.42 Å². The second kappa shape index (κ2) is 7.50. The van der Waals surface area contributed by atoms with Gasteiger partial charge in [0.2, 0.25) is 0 Å². The SMILES string of the molecule is C=CCOC(=O)NCC(Cc1cccs1)C(=O)O. The number of carbonyl (C=O) groups excluding carboxylic acids is 1. The van der Waals surface area contributed by atoms with E-state index in [9.17, 15) is 9.59 Å². The molecule has 98 valence electrons. The summed E-state index contributed by atoms with van der Waals surface area (Å²) in [4.78, 5) is 23.2. The van der Waals surface area contributed by atoms with Crippen LogP contribution in [-0.2, 0) is 16.0 Å². The van der Waals surface area contributed by atoms with Gasteiger partial charge in [-0.2, -0.15) is 0 Å². The van der Waals surface area contributed by atoms with Crippen LogP contribution in [0.3, 0.4) is 0 Å². The highest BCUT2D eigenvalue weighted by molar-refractivity contribution is 7.09. The molecule has 1 unspecified atom stereocenters. The molecular formula is C12H15NO4S. The highest BCUT2D eigenvalue weighted by atomic mass is 32.1. The summed E-state index contributed by atoms with van der Waals surface area (Å²) in [6.07, 6.45) is 1.21. The molecule has 0 saturated carbocycles. The Hall–Kier alpha value is -1.82. The molecule has 1 atom stereocenters. The van der Waals surface area contributed by atoms with Crippen molar-refractivity contribution in [2.24, 2.45) is 5.92 Å². The highest BCUT2D eigenvalue weighted by Crippen LogP contribution is 2.14. The van der Waals surface area contributed by atoms with Crippen molar-refractivity contribution in [3.8, 4) is 0 Å². The standard InChI is InChI=1S/C12H15NO4S/c1-2-5-17-12(16)13-8-9(11(14)15)7-10-4-3-6-18-10/h2-4,6,9H,1,5,7-8H2,(H,13,16)(H,14,15). The van der Waals surface area contributed by atoms with Crippen LogP contribution in [0.1, 0.15) is 4.88 Å². The van der Waals surface area contributed by atoms with Gasteiger partial charge in [0.05, 0.1) is 5.92 Å². The van der Waals surface area contributed by atoms with Gasteiger partial charge >= 0.3 is 12.1 Å². The Morgan fingerprint density at radius 2 is 2.39 bits per heavy atom. The first kappa shape index (κ1) is 14.2. The summed E-state index contributed by atoms with van der Waals surface area (Å²) in [6.45, 7) is 3.56. The number of aliphatic carboxylic acids is 1. The van der Waals surface area contributed by atoms with Crippen molar-refractivity contribution in [2.75, 3.05) is 13.2 Å². The van der Waals surface area contributed by atoms with Gasteiger partial charge in [0.1, 0.15) is 6.61 Å². The molecule has 0 aliphatic rings. The molecular weight excluding hydrogens is 254 g/mol. The molecule has 0 aliphatic heterocycles. The van der Waals surface area contributed by atoms with Crippen LogP contribution < -0.4 is 5.32 Å². The van der Waals surface area contributed by atoms with Crippen molar-refractivity contribution in [1.29, 1.82) is 0 Å². The van der Waals surface area contributed by atoms with Crippen molar-refractivity contribution >= 4 is 23.4 Å². The molecule has 1 aromatic rings. The molecule has 1 aromatic heterocycles. The third-order valence-corrected chi connectivity index (χ3v) is 3.10. The van der Waals surface area contributed by atoms with E-state index in [4.69, 9.17) is 9.84 Å². The predicted molar refractivity (Wildman–Crippen MR) is 68.7 cm³/mol. The van der Waals surface area contributed by atoms with Crippen LogP contribution in [0, 0.1) is 5.92 Å². The average molecular weight is 269 g/mol. The number of amides is 1. The molecule has 5 nitrogen and oxygen atoms in total. The predicted octanol–water partition coefficient (Wildman–Crippen LogP) is 1.90. The number of thiophene rings is 1. The lowest BCUT2D eigenvalue weighted by Gasteiger charge is -2.12. The quantitative estimate of drug-likeness (QED) is 0.741. The molecule has 18 heavy (non-hydrogen) atoms. The molecule has 0 aromatic carbocycles. The lowest BCUT2D eigenvalue weighted by molar-refractivity contribution is -0.141. The van der Waals surface area contributed by atoms with Crippen LogP contribution in [-0.4, -0.2) is 30.3 Å². The summed E-state index contributed by atoms with van der Waals surface area (Å²) in [7, 11) is 0. The summed E-state index contributed by atoms with van der Waals surface area (Å²) in [6, 6.07) is 3.74. The lowest BCUT2D eigenvalue weighted by atomic mass is 10.1. The van der Waals surface area contributed by atoms with E-state index in [1.165, 1.54) is 17.4 Å². The number of hydrogen-bond donors (Lipinski definition) is 2. The first-order valence-corrected chi connectivity index (χ1v) is 6.28. The van der Waals surface area contributed by atoms with E-state index in [2.05, 4.69) is 11.9 Å². The van der Waals surface area contributed by atoms with Gasteiger partial charge in [-0.15, -0.1) is 11.3 Å². The Kier molecular flexibility index (Phi) is 5.93. The number of hydrogen-bond acceptors (Lipinski definition) is 4. The first-order chi connectivity index (χ1) is 8.63. The smallest absolute Gasteiger partial charge is 0.407 e. The third-order valence-electron chi connectivity index (χ3n) is 2.20. The van der Waals surface area contributed by atoms with Crippen LogP contribution in [0.15, 0.2) is 30.2 Å². The molecule has 2 N–H and O–H groups in total. The topological polar surface area (TPSA) is 75.6 Å². The first-order valence-electron chi connectivity index (χ1n) is 5.40. The van der Waals surface area contributed by atoms with Gasteiger partial charge in [0, 0.05) is 11.4 Å². The fraction of sp³-hybridized carbons (Fsp3) is 0.333. The zero-order valence-corrected chi connectivity index (χ0v) is 10.6. The fourth-order valence-electron chi connectivity index (χ4n) is 1.31. The summed E-state index contributed by atoms with van der Waals surface area (Å²) in [5.74, 6) is -1.59. The van der Waals surface area contributed by atoms with Gasteiger partial charge in [-0.1, -0.05) is 18.7 Å². The van der Waals surface area contributed by atoms with Crippen molar-refractivity contribution in [3.63, 3.8) is 0 Å². The maximum atomic E-state index is 11.2. The van der Waals surface area contributed by atoms with Gasteiger partial charge in [-0.05, 0) is 17.9 Å². The van der Waals surface area contributed by atoms with Gasteiger partial charge in [0.25, 0.3) is 0 Å². The molecule has 0 aliphatic carbocycles. The zero-order valence-electron chi connectivity index (χ0n) is 9.80. The molecule has 0 saturated heterocycles. The summed E-state index contributed by atoms with van der Waals surface area (Å²) in [5, 5.41) is 13.4. The minimum absolute atomic E-state index is 0.0449.